The lowest BCUT2D eigenvalue weighted by atomic mass is 10.5. The van der Waals surface area contributed by atoms with Gasteiger partial charge in [0.05, 0.1) is 0 Å². The van der Waals surface area contributed by atoms with E-state index in [1.807, 2.05) is 0 Å². The van der Waals surface area contributed by atoms with E-state index in [2.05, 4.69) is 0 Å². The van der Waals surface area contributed by atoms with Crippen molar-refractivity contribution in [2.45, 2.75) is 18.6 Å². The number of rotatable bonds is 1. The fourth-order valence-corrected chi connectivity index (χ4v) is 0.625. The highest BCUT2D eigenvalue weighted by Gasteiger charge is 2.46. The highest BCUT2D eigenvalue weighted by molar-refractivity contribution is 5.65. The van der Waals surface area contributed by atoms with E-state index < -0.39 is 11.8 Å². The summed E-state index contributed by atoms with van der Waals surface area (Å²) in [6.45, 7) is 0. The molecule has 1 saturated carbocycles. The lowest BCUT2D eigenvalue weighted by Gasteiger charge is -2.18. The van der Waals surface area contributed by atoms with Gasteiger partial charge in [-0.2, -0.15) is 0 Å². The predicted molar refractivity (Wildman–Crippen MR) is 30.0 cm³/mol. The first-order valence-corrected chi connectivity index (χ1v) is 2.75. The summed E-state index contributed by atoms with van der Waals surface area (Å²) in [5.41, 5.74) is -1.04. The molecule has 2 N–H and O–H groups in total. The van der Waals surface area contributed by atoms with Crippen LogP contribution in [0.5, 0.6) is 0 Å². The zero-order valence-corrected chi connectivity index (χ0v) is 5.16. The van der Waals surface area contributed by atoms with E-state index >= 15 is 0 Å². The fraction of sp³-hybridized carbons (Fsp3) is 0.800. The first-order chi connectivity index (χ1) is 4.06. The summed E-state index contributed by atoms with van der Waals surface area (Å²) in [5, 5.41) is 17.4. The Bertz CT molecular complexity index is 141. The van der Waals surface area contributed by atoms with Crippen molar-refractivity contribution in [1.82, 2.24) is 4.90 Å². The molecule has 0 aromatic rings. The summed E-state index contributed by atoms with van der Waals surface area (Å²) in [6.07, 6.45) is 0.0565. The van der Waals surface area contributed by atoms with Crippen LogP contribution in [-0.2, 0) is 0 Å². The number of hydrogen-bond acceptors (Lipinski definition) is 2. The zero-order chi connectivity index (χ0) is 7.07. The van der Waals surface area contributed by atoms with Crippen molar-refractivity contribution < 1.29 is 15.0 Å². The Morgan fingerprint density at radius 2 is 2.11 bits per heavy atom. The van der Waals surface area contributed by atoms with Gasteiger partial charge in [0.25, 0.3) is 0 Å². The Kier molecular flexibility index (Phi) is 1.13. The van der Waals surface area contributed by atoms with Crippen molar-refractivity contribution in [2.24, 2.45) is 0 Å². The summed E-state index contributed by atoms with van der Waals surface area (Å²) in [7, 11) is 1.37. The Morgan fingerprint density at radius 3 is 2.22 bits per heavy atom. The van der Waals surface area contributed by atoms with Gasteiger partial charge in [-0.25, -0.2) is 4.79 Å². The second-order valence-electron chi connectivity index (χ2n) is 2.32. The topological polar surface area (TPSA) is 60.8 Å². The van der Waals surface area contributed by atoms with Crippen molar-refractivity contribution in [1.29, 1.82) is 0 Å². The largest absolute Gasteiger partial charge is 0.465 e. The van der Waals surface area contributed by atoms with Gasteiger partial charge >= 0.3 is 6.09 Å². The molecule has 0 aromatic carbocycles. The maximum Gasteiger partial charge on any atom is 0.409 e. The molecular weight excluding hydrogens is 122 g/mol. The molecule has 4 heteroatoms. The molecule has 0 atom stereocenters. The molecule has 0 aliphatic heterocycles. The van der Waals surface area contributed by atoms with Crippen LogP contribution in [0.15, 0.2) is 0 Å². The van der Waals surface area contributed by atoms with Gasteiger partial charge in [-0.05, 0) is 12.8 Å². The van der Waals surface area contributed by atoms with Crippen LogP contribution in [0.1, 0.15) is 12.8 Å². The van der Waals surface area contributed by atoms with Gasteiger partial charge in [0.1, 0.15) is 5.72 Å². The molecule has 0 spiro atoms. The van der Waals surface area contributed by atoms with E-state index in [-0.39, 0.29) is 0 Å². The molecule has 0 heterocycles. The van der Waals surface area contributed by atoms with Crippen LogP contribution < -0.4 is 0 Å². The number of carboxylic acid groups (broad SMARTS) is 1. The number of amides is 1. The number of nitrogens with zero attached hydrogens (tertiary/aromatic N) is 1. The lowest BCUT2D eigenvalue weighted by Crippen LogP contribution is -2.37. The molecule has 9 heavy (non-hydrogen) atoms. The Balaban J connectivity index is 2.52. The van der Waals surface area contributed by atoms with Gasteiger partial charge in [-0.15, -0.1) is 0 Å². The van der Waals surface area contributed by atoms with E-state index in [0.29, 0.717) is 12.8 Å². The highest BCUT2D eigenvalue weighted by atomic mass is 16.4. The van der Waals surface area contributed by atoms with E-state index in [1.54, 1.807) is 0 Å². The predicted octanol–water partition coefficient (Wildman–Crippen LogP) is 0.0786. The smallest absolute Gasteiger partial charge is 0.409 e. The normalized spacial score (nSPS) is 21.1. The quantitative estimate of drug-likeness (QED) is 0.495. The van der Waals surface area contributed by atoms with Crippen LogP contribution in [0.3, 0.4) is 0 Å². The average molecular weight is 131 g/mol. The molecular formula is C5H9NO3. The number of carbonyl (C=O) groups is 1. The van der Waals surface area contributed by atoms with Gasteiger partial charge in [0.2, 0.25) is 0 Å². The standard InChI is InChI=1S/C5H9NO3/c1-6(4(7)8)5(9)2-3-5/h9H,2-3H2,1H3,(H,7,8). The van der Waals surface area contributed by atoms with Gasteiger partial charge in [0, 0.05) is 7.05 Å². The summed E-state index contributed by atoms with van der Waals surface area (Å²) < 4.78 is 0. The third-order valence-corrected chi connectivity index (χ3v) is 1.61. The summed E-state index contributed by atoms with van der Waals surface area (Å²) >= 11 is 0. The molecule has 1 aliphatic rings. The lowest BCUT2D eigenvalue weighted by molar-refractivity contribution is 0.00570. The van der Waals surface area contributed by atoms with Crippen LogP contribution in [0.25, 0.3) is 0 Å². The molecule has 1 amide bonds. The fourth-order valence-electron chi connectivity index (χ4n) is 0.625. The monoisotopic (exact) mass is 131 g/mol. The third kappa shape index (κ3) is 0.977. The van der Waals surface area contributed by atoms with E-state index in [0.717, 1.165) is 4.90 Å². The van der Waals surface area contributed by atoms with Crippen molar-refractivity contribution in [3.8, 4) is 0 Å². The van der Waals surface area contributed by atoms with Crippen molar-refractivity contribution in [2.75, 3.05) is 7.05 Å². The maximum absolute atomic E-state index is 10.2. The minimum absolute atomic E-state index is 0.565. The van der Waals surface area contributed by atoms with E-state index in [1.165, 1.54) is 7.05 Å². The first kappa shape index (κ1) is 6.35. The Morgan fingerprint density at radius 1 is 1.67 bits per heavy atom. The molecule has 0 aromatic heterocycles. The van der Waals surface area contributed by atoms with Crippen molar-refractivity contribution >= 4 is 6.09 Å². The average Bonchev–Trinajstić information content (AvgIpc) is 2.47. The second-order valence-corrected chi connectivity index (χ2v) is 2.32. The van der Waals surface area contributed by atoms with Crippen molar-refractivity contribution in [3.63, 3.8) is 0 Å². The Labute approximate surface area is 52.7 Å². The number of aliphatic hydroxyl groups is 1. The number of hydrogen-bond donors (Lipinski definition) is 2. The summed E-state index contributed by atoms with van der Waals surface area (Å²) in [4.78, 5) is 11.1. The molecule has 0 saturated heterocycles. The van der Waals surface area contributed by atoms with Crippen LogP contribution in [0, 0.1) is 0 Å². The molecule has 0 bridgehead atoms. The molecule has 4 nitrogen and oxygen atoms in total. The van der Waals surface area contributed by atoms with E-state index in [9.17, 15) is 4.79 Å². The molecule has 0 radical (unpaired) electrons. The SMILES string of the molecule is CN(C(=O)O)C1(O)CC1. The van der Waals surface area contributed by atoms with Crippen LogP contribution in [0.4, 0.5) is 4.79 Å². The molecule has 0 unspecified atom stereocenters. The summed E-state index contributed by atoms with van der Waals surface area (Å²) in [6, 6.07) is 0. The molecule has 52 valence electrons. The van der Waals surface area contributed by atoms with Gasteiger partial charge in [-0.3, -0.25) is 4.90 Å². The zero-order valence-electron chi connectivity index (χ0n) is 5.16. The van der Waals surface area contributed by atoms with Crippen LogP contribution >= 0.6 is 0 Å². The minimum atomic E-state index is -1.07. The first-order valence-electron chi connectivity index (χ1n) is 2.75. The van der Waals surface area contributed by atoms with Gasteiger partial charge in [0.15, 0.2) is 0 Å². The molecule has 1 fully saturated rings. The molecule has 1 rings (SSSR count). The third-order valence-electron chi connectivity index (χ3n) is 1.61. The van der Waals surface area contributed by atoms with Crippen molar-refractivity contribution in [3.05, 3.63) is 0 Å². The summed E-state index contributed by atoms with van der Waals surface area (Å²) in [5.74, 6) is 0. The van der Waals surface area contributed by atoms with E-state index in [4.69, 9.17) is 10.2 Å². The highest BCUT2D eigenvalue weighted by Crippen LogP contribution is 2.37. The molecule has 1 aliphatic carbocycles. The minimum Gasteiger partial charge on any atom is -0.465 e. The van der Waals surface area contributed by atoms with Crippen LogP contribution in [-0.4, -0.2) is 34.0 Å². The maximum atomic E-state index is 10.2. The Hall–Kier alpha value is -0.770. The van der Waals surface area contributed by atoms with Gasteiger partial charge < -0.3 is 10.2 Å². The second kappa shape index (κ2) is 1.60. The van der Waals surface area contributed by atoms with Crippen LogP contribution in [0.2, 0.25) is 0 Å². The van der Waals surface area contributed by atoms with Gasteiger partial charge in [-0.1, -0.05) is 0 Å².